The van der Waals surface area contributed by atoms with Gasteiger partial charge in [-0.3, -0.25) is 9.78 Å². The Kier molecular flexibility index (Phi) is 5.86. The molecule has 2 aromatic heterocycles. The highest BCUT2D eigenvalue weighted by Crippen LogP contribution is 2.32. The van der Waals surface area contributed by atoms with E-state index in [2.05, 4.69) is 15.6 Å². The minimum Gasteiger partial charge on any atom is -0.489 e. The Morgan fingerprint density at radius 2 is 2.06 bits per heavy atom. The second kappa shape index (κ2) is 8.58. The zero-order valence-electron chi connectivity index (χ0n) is 16.9. The first-order valence-corrected chi connectivity index (χ1v) is 10.0. The Morgan fingerprint density at radius 1 is 1.29 bits per heavy atom. The lowest BCUT2D eigenvalue weighted by atomic mass is 10.0. The number of aryl methyl sites for hydroxylation is 1. The van der Waals surface area contributed by atoms with Crippen LogP contribution in [0.1, 0.15) is 40.2 Å². The van der Waals surface area contributed by atoms with Gasteiger partial charge in [0.25, 0.3) is 5.91 Å². The number of hydrogen-bond acceptors (Lipinski definition) is 5. The van der Waals surface area contributed by atoms with E-state index in [1.54, 1.807) is 25.1 Å². The molecule has 1 aliphatic rings. The van der Waals surface area contributed by atoms with Crippen molar-refractivity contribution in [1.82, 2.24) is 15.6 Å². The Morgan fingerprint density at radius 3 is 2.81 bits per heavy atom. The Balaban J connectivity index is 1.56. The number of furan rings is 1. The van der Waals surface area contributed by atoms with E-state index in [0.717, 1.165) is 32.1 Å². The summed E-state index contributed by atoms with van der Waals surface area (Å²) in [6, 6.07) is 7.71. The molecule has 1 amide bonds. The first-order valence-electron chi connectivity index (χ1n) is 10.0. The van der Waals surface area contributed by atoms with Crippen LogP contribution in [0.4, 0.5) is 13.2 Å². The lowest BCUT2D eigenvalue weighted by Crippen LogP contribution is -2.42. The quantitative estimate of drug-likeness (QED) is 0.630. The van der Waals surface area contributed by atoms with Gasteiger partial charge in [-0.1, -0.05) is 6.07 Å². The van der Waals surface area contributed by atoms with Gasteiger partial charge >= 0.3 is 6.18 Å². The minimum atomic E-state index is -4.56. The number of benzene rings is 1. The fourth-order valence-electron chi connectivity index (χ4n) is 3.77. The maximum atomic E-state index is 13.1. The van der Waals surface area contributed by atoms with Crippen molar-refractivity contribution in [2.75, 3.05) is 13.1 Å². The molecule has 3 heterocycles. The molecule has 164 valence electrons. The predicted octanol–water partition coefficient (Wildman–Crippen LogP) is 4.22. The number of halogens is 3. The number of hydrogen-bond donors (Lipinski definition) is 2. The van der Waals surface area contributed by atoms with Crippen LogP contribution in [0, 0.1) is 6.92 Å². The normalized spacial score (nSPS) is 15.2. The lowest BCUT2D eigenvalue weighted by molar-refractivity contribution is -0.142. The molecule has 0 bridgehead atoms. The van der Waals surface area contributed by atoms with E-state index in [1.165, 1.54) is 12.1 Å². The number of rotatable bonds is 5. The first kappa shape index (κ1) is 21.2. The summed E-state index contributed by atoms with van der Waals surface area (Å²) in [7, 11) is 0. The third-order valence-electron chi connectivity index (χ3n) is 5.29. The van der Waals surface area contributed by atoms with Crippen molar-refractivity contribution in [2.45, 2.75) is 38.6 Å². The molecule has 3 aromatic rings. The van der Waals surface area contributed by atoms with Crippen LogP contribution in [0.2, 0.25) is 0 Å². The summed E-state index contributed by atoms with van der Waals surface area (Å²) in [5.74, 6) is 0.582. The average Bonchev–Trinajstić information content (AvgIpc) is 3.07. The number of alkyl halides is 3. The van der Waals surface area contributed by atoms with Crippen molar-refractivity contribution in [2.24, 2.45) is 0 Å². The van der Waals surface area contributed by atoms with Crippen molar-refractivity contribution in [3.8, 4) is 5.75 Å². The summed E-state index contributed by atoms with van der Waals surface area (Å²) in [6.45, 7) is 3.11. The SMILES string of the molecule is Cc1oc2ccc(OCc3cccnc3C(F)(F)F)cc2c1C(=O)NC1CCNCC1. The molecular weight excluding hydrogens is 411 g/mol. The van der Waals surface area contributed by atoms with Crippen LogP contribution in [-0.4, -0.2) is 30.0 Å². The zero-order valence-corrected chi connectivity index (χ0v) is 16.9. The van der Waals surface area contributed by atoms with Crippen molar-refractivity contribution < 1.29 is 27.1 Å². The highest BCUT2D eigenvalue weighted by Gasteiger charge is 2.35. The van der Waals surface area contributed by atoms with E-state index in [9.17, 15) is 18.0 Å². The van der Waals surface area contributed by atoms with Crippen LogP contribution in [0.3, 0.4) is 0 Å². The molecule has 2 N–H and O–H groups in total. The van der Waals surface area contributed by atoms with Gasteiger partial charge in [0.1, 0.15) is 23.7 Å². The van der Waals surface area contributed by atoms with Crippen LogP contribution < -0.4 is 15.4 Å². The van der Waals surface area contributed by atoms with Gasteiger partial charge in [0.2, 0.25) is 0 Å². The molecule has 31 heavy (non-hydrogen) atoms. The summed E-state index contributed by atoms with van der Waals surface area (Å²) in [5.41, 5.74) is -0.117. The maximum Gasteiger partial charge on any atom is 0.433 e. The van der Waals surface area contributed by atoms with Gasteiger partial charge in [-0.25, -0.2) is 0 Å². The van der Waals surface area contributed by atoms with E-state index in [1.807, 2.05) is 0 Å². The molecule has 0 saturated carbocycles. The number of aromatic nitrogens is 1. The third kappa shape index (κ3) is 4.66. The average molecular weight is 433 g/mol. The van der Waals surface area contributed by atoms with E-state index in [4.69, 9.17) is 9.15 Å². The van der Waals surface area contributed by atoms with Gasteiger partial charge in [-0.05, 0) is 57.1 Å². The van der Waals surface area contributed by atoms with Gasteiger partial charge in [-0.15, -0.1) is 0 Å². The molecule has 1 aliphatic heterocycles. The summed E-state index contributed by atoms with van der Waals surface area (Å²) in [6.07, 6.45) is -1.77. The minimum absolute atomic E-state index is 0.0673. The molecular formula is C22H22F3N3O3. The molecule has 4 rings (SSSR count). The molecule has 0 radical (unpaired) electrons. The fraction of sp³-hybridized carbons (Fsp3) is 0.364. The number of amides is 1. The van der Waals surface area contributed by atoms with E-state index in [-0.39, 0.29) is 24.1 Å². The van der Waals surface area contributed by atoms with Crippen LogP contribution in [-0.2, 0) is 12.8 Å². The van der Waals surface area contributed by atoms with Crippen molar-refractivity contribution in [3.05, 3.63) is 59.1 Å². The molecule has 0 aliphatic carbocycles. The predicted molar refractivity (Wildman–Crippen MR) is 108 cm³/mol. The fourth-order valence-corrected chi connectivity index (χ4v) is 3.77. The van der Waals surface area contributed by atoms with Crippen molar-refractivity contribution in [1.29, 1.82) is 0 Å². The van der Waals surface area contributed by atoms with Gasteiger partial charge in [0, 0.05) is 23.2 Å². The molecule has 0 atom stereocenters. The second-order valence-corrected chi connectivity index (χ2v) is 7.49. The van der Waals surface area contributed by atoms with Crippen LogP contribution >= 0.6 is 0 Å². The van der Waals surface area contributed by atoms with Gasteiger partial charge in [0.05, 0.1) is 5.56 Å². The number of nitrogens with one attached hydrogen (secondary N) is 2. The Hall–Kier alpha value is -3.07. The van der Waals surface area contributed by atoms with Gasteiger partial charge in [0.15, 0.2) is 5.69 Å². The molecule has 6 nitrogen and oxygen atoms in total. The third-order valence-corrected chi connectivity index (χ3v) is 5.29. The van der Waals surface area contributed by atoms with Crippen molar-refractivity contribution >= 4 is 16.9 Å². The topological polar surface area (TPSA) is 76.4 Å². The summed E-state index contributed by atoms with van der Waals surface area (Å²) >= 11 is 0. The molecule has 9 heteroatoms. The summed E-state index contributed by atoms with van der Waals surface area (Å²) < 4.78 is 50.7. The summed E-state index contributed by atoms with van der Waals surface area (Å²) in [5, 5.41) is 6.85. The number of fused-ring (bicyclic) bond motifs is 1. The Bertz CT molecular complexity index is 1090. The van der Waals surface area contributed by atoms with Gasteiger partial charge in [-0.2, -0.15) is 13.2 Å². The number of pyridine rings is 1. The monoisotopic (exact) mass is 433 g/mol. The molecule has 1 saturated heterocycles. The molecule has 0 unspecified atom stereocenters. The number of carbonyl (C=O) groups excluding carboxylic acids is 1. The number of piperidine rings is 1. The van der Waals surface area contributed by atoms with E-state index in [0.29, 0.717) is 28.0 Å². The Labute approximate surface area is 176 Å². The molecule has 0 spiro atoms. The standard InChI is InChI=1S/C22H22F3N3O3/c1-13-19(21(29)28-15-6-9-26-10-7-15)17-11-16(4-5-18(17)31-13)30-12-14-3-2-8-27-20(14)22(23,24)25/h2-5,8,11,15,26H,6-7,9-10,12H2,1H3,(H,28,29). The zero-order chi connectivity index (χ0) is 22.0. The second-order valence-electron chi connectivity index (χ2n) is 7.49. The van der Waals surface area contributed by atoms with E-state index >= 15 is 0 Å². The van der Waals surface area contributed by atoms with Crippen molar-refractivity contribution in [3.63, 3.8) is 0 Å². The number of nitrogens with zero attached hydrogens (tertiary/aromatic N) is 1. The summed E-state index contributed by atoms with van der Waals surface area (Å²) in [4.78, 5) is 16.3. The largest absolute Gasteiger partial charge is 0.489 e. The van der Waals surface area contributed by atoms with Gasteiger partial charge < -0.3 is 19.8 Å². The smallest absolute Gasteiger partial charge is 0.433 e. The maximum absolute atomic E-state index is 13.1. The van der Waals surface area contributed by atoms with E-state index < -0.39 is 11.9 Å². The first-order chi connectivity index (χ1) is 14.8. The number of ether oxygens (including phenoxy) is 1. The van der Waals surface area contributed by atoms with Crippen LogP contribution in [0.15, 0.2) is 40.9 Å². The number of carbonyl (C=O) groups is 1. The highest BCUT2D eigenvalue weighted by atomic mass is 19.4. The van der Waals surface area contributed by atoms with Crippen LogP contribution in [0.5, 0.6) is 5.75 Å². The molecule has 1 fully saturated rings. The lowest BCUT2D eigenvalue weighted by Gasteiger charge is -2.23. The highest BCUT2D eigenvalue weighted by molar-refractivity contribution is 6.07. The molecule has 1 aromatic carbocycles. The van der Waals surface area contributed by atoms with Crippen LogP contribution in [0.25, 0.3) is 11.0 Å².